The fraction of sp³-hybridized carbons (Fsp3) is 0.115. The zero-order valence-electron chi connectivity index (χ0n) is 17.9. The van der Waals surface area contributed by atoms with Crippen LogP contribution in [0.3, 0.4) is 0 Å². The topological polar surface area (TPSA) is 87.5 Å². The number of rotatable bonds is 3. The number of fused-ring (bicyclic) bond motifs is 3. The number of anilines is 3. The van der Waals surface area contributed by atoms with Gasteiger partial charge in [0.25, 0.3) is 5.91 Å². The SMILES string of the molecule is CC#CCN1C(=O)c2ccccc2Cc2cc(NC(=O)Nc3ccc4ocnc4c3)ccc21. The van der Waals surface area contributed by atoms with Crippen LogP contribution in [0.15, 0.2) is 71.5 Å². The fourth-order valence-electron chi connectivity index (χ4n) is 3.96. The first-order chi connectivity index (χ1) is 16.1. The summed E-state index contributed by atoms with van der Waals surface area (Å²) < 4.78 is 5.23. The van der Waals surface area contributed by atoms with Crippen LogP contribution in [0.5, 0.6) is 0 Å². The van der Waals surface area contributed by atoms with Crippen molar-refractivity contribution in [3.8, 4) is 11.8 Å². The lowest BCUT2D eigenvalue weighted by atomic mass is 10.00. The van der Waals surface area contributed by atoms with E-state index in [0.29, 0.717) is 41.0 Å². The van der Waals surface area contributed by atoms with Gasteiger partial charge in [-0.15, -0.1) is 5.92 Å². The molecule has 0 radical (unpaired) electrons. The van der Waals surface area contributed by atoms with E-state index in [2.05, 4.69) is 27.5 Å². The molecule has 5 rings (SSSR count). The number of carbonyl (C=O) groups excluding carboxylic acids is 2. The Hall–Kier alpha value is -4.57. The normalized spacial score (nSPS) is 12.3. The molecule has 3 amide bonds. The van der Waals surface area contributed by atoms with E-state index in [1.807, 2.05) is 36.4 Å². The summed E-state index contributed by atoms with van der Waals surface area (Å²) in [6.45, 7) is 2.05. The molecule has 2 N–H and O–H groups in total. The van der Waals surface area contributed by atoms with E-state index in [-0.39, 0.29) is 11.9 Å². The Kier molecular flexibility index (Phi) is 5.25. The van der Waals surface area contributed by atoms with E-state index < -0.39 is 0 Å². The Morgan fingerprint density at radius 2 is 1.85 bits per heavy atom. The molecule has 0 saturated carbocycles. The molecule has 0 saturated heterocycles. The minimum atomic E-state index is -0.378. The van der Waals surface area contributed by atoms with Gasteiger partial charge in [0.2, 0.25) is 0 Å². The van der Waals surface area contributed by atoms with Crippen molar-refractivity contribution in [2.24, 2.45) is 0 Å². The second-order valence-electron chi connectivity index (χ2n) is 7.61. The minimum absolute atomic E-state index is 0.0752. The van der Waals surface area contributed by atoms with Gasteiger partial charge in [0.15, 0.2) is 12.0 Å². The summed E-state index contributed by atoms with van der Waals surface area (Å²) in [7, 11) is 0. The van der Waals surface area contributed by atoms with Crippen LogP contribution < -0.4 is 15.5 Å². The highest BCUT2D eigenvalue weighted by molar-refractivity contribution is 6.09. The number of nitrogens with one attached hydrogen (secondary N) is 2. The molecule has 7 nitrogen and oxygen atoms in total. The monoisotopic (exact) mass is 436 g/mol. The molecule has 0 unspecified atom stereocenters. The molecule has 7 heteroatoms. The van der Waals surface area contributed by atoms with Crippen molar-refractivity contribution in [1.82, 2.24) is 4.98 Å². The number of oxazole rings is 1. The highest BCUT2D eigenvalue weighted by Gasteiger charge is 2.26. The molecule has 4 aromatic rings. The molecule has 3 aromatic carbocycles. The molecule has 0 atom stereocenters. The molecule has 1 aromatic heterocycles. The van der Waals surface area contributed by atoms with E-state index in [4.69, 9.17) is 4.42 Å². The van der Waals surface area contributed by atoms with E-state index >= 15 is 0 Å². The van der Waals surface area contributed by atoms with Crippen molar-refractivity contribution >= 4 is 40.1 Å². The fourth-order valence-corrected chi connectivity index (χ4v) is 3.96. The Morgan fingerprint density at radius 3 is 2.70 bits per heavy atom. The van der Waals surface area contributed by atoms with E-state index in [9.17, 15) is 9.59 Å². The molecule has 33 heavy (non-hydrogen) atoms. The molecule has 1 aliphatic rings. The summed E-state index contributed by atoms with van der Waals surface area (Å²) in [5.41, 5.74) is 5.89. The summed E-state index contributed by atoms with van der Waals surface area (Å²) in [5, 5.41) is 5.68. The molecule has 2 heterocycles. The average molecular weight is 436 g/mol. The zero-order valence-corrected chi connectivity index (χ0v) is 17.9. The van der Waals surface area contributed by atoms with Crippen LogP contribution in [-0.4, -0.2) is 23.5 Å². The van der Waals surface area contributed by atoms with Crippen molar-refractivity contribution in [2.45, 2.75) is 13.3 Å². The Labute approximate surface area is 190 Å². The van der Waals surface area contributed by atoms with Crippen molar-refractivity contribution in [3.63, 3.8) is 0 Å². The van der Waals surface area contributed by atoms with Gasteiger partial charge in [-0.05, 0) is 60.5 Å². The maximum atomic E-state index is 13.2. The second kappa shape index (κ2) is 8.52. The summed E-state index contributed by atoms with van der Waals surface area (Å²) in [6.07, 6.45) is 1.94. The number of hydrogen-bond donors (Lipinski definition) is 2. The first-order valence-electron chi connectivity index (χ1n) is 10.5. The van der Waals surface area contributed by atoms with Crippen LogP contribution in [0, 0.1) is 11.8 Å². The third-order valence-corrected chi connectivity index (χ3v) is 5.50. The molecular formula is C26H20N4O3. The number of urea groups is 1. The summed E-state index contributed by atoms with van der Waals surface area (Å²) >= 11 is 0. The highest BCUT2D eigenvalue weighted by atomic mass is 16.3. The molecular weight excluding hydrogens is 416 g/mol. The number of carbonyl (C=O) groups is 2. The van der Waals surface area contributed by atoms with Crippen molar-refractivity contribution in [1.29, 1.82) is 0 Å². The van der Waals surface area contributed by atoms with Crippen LogP contribution in [0.2, 0.25) is 0 Å². The first kappa shape index (κ1) is 20.3. The van der Waals surface area contributed by atoms with Gasteiger partial charge in [0.1, 0.15) is 5.52 Å². The van der Waals surface area contributed by atoms with Crippen LogP contribution in [-0.2, 0) is 6.42 Å². The van der Waals surface area contributed by atoms with Crippen LogP contribution in [0.1, 0.15) is 28.4 Å². The lowest BCUT2D eigenvalue weighted by molar-refractivity contribution is 0.0990. The Morgan fingerprint density at radius 1 is 1.06 bits per heavy atom. The summed E-state index contributed by atoms with van der Waals surface area (Å²) in [5.74, 6) is 5.78. The average Bonchev–Trinajstić information content (AvgIpc) is 3.24. The largest absolute Gasteiger partial charge is 0.443 e. The second-order valence-corrected chi connectivity index (χ2v) is 7.61. The standard InChI is InChI=1S/C26H20N4O3/c1-2-3-12-30-23-10-8-19(14-18(23)13-17-6-4-5-7-21(17)25(30)31)28-26(32)29-20-9-11-24-22(15-20)27-16-33-24/h4-11,14-16H,12-13H2,1H3,(H2,28,29,32). The third kappa shape index (κ3) is 4.02. The predicted octanol–water partition coefficient (Wildman–Crippen LogP) is 5.05. The summed E-state index contributed by atoms with van der Waals surface area (Å²) in [4.78, 5) is 31.6. The van der Waals surface area contributed by atoms with Gasteiger partial charge >= 0.3 is 6.03 Å². The van der Waals surface area contributed by atoms with Gasteiger partial charge in [-0.1, -0.05) is 24.1 Å². The van der Waals surface area contributed by atoms with Gasteiger partial charge in [-0.25, -0.2) is 9.78 Å². The number of nitrogens with zero attached hydrogens (tertiary/aromatic N) is 2. The number of aromatic nitrogens is 1. The van der Waals surface area contributed by atoms with Gasteiger partial charge < -0.3 is 15.1 Å². The van der Waals surface area contributed by atoms with Crippen LogP contribution in [0.4, 0.5) is 21.9 Å². The number of benzene rings is 3. The highest BCUT2D eigenvalue weighted by Crippen LogP contribution is 2.32. The lowest BCUT2D eigenvalue weighted by Gasteiger charge is -2.21. The quantitative estimate of drug-likeness (QED) is 0.440. The van der Waals surface area contributed by atoms with Gasteiger partial charge in [0.05, 0.1) is 6.54 Å². The van der Waals surface area contributed by atoms with Crippen LogP contribution in [0.25, 0.3) is 11.1 Å². The first-order valence-corrected chi connectivity index (χ1v) is 10.5. The van der Waals surface area contributed by atoms with E-state index in [0.717, 1.165) is 16.8 Å². The third-order valence-electron chi connectivity index (χ3n) is 5.50. The lowest BCUT2D eigenvalue weighted by Crippen LogP contribution is -2.31. The Bertz CT molecular complexity index is 1440. The molecule has 0 bridgehead atoms. The predicted molar refractivity (Wildman–Crippen MR) is 127 cm³/mol. The van der Waals surface area contributed by atoms with E-state index in [1.165, 1.54) is 6.39 Å². The summed E-state index contributed by atoms with van der Waals surface area (Å²) in [6, 6.07) is 18.0. The zero-order chi connectivity index (χ0) is 22.8. The van der Waals surface area contributed by atoms with Crippen LogP contribution >= 0.6 is 0 Å². The van der Waals surface area contributed by atoms with Crippen molar-refractivity contribution in [2.75, 3.05) is 22.1 Å². The smallest absolute Gasteiger partial charge is 0.323 e. The molecule has 0 aliphatic carbocycles. The molecule has 0 spiro atoms. The Balaban J connectivity index is 1.42. The molecule has 1 aliphatic heterocycles. The maximum absolute atomic E-state index is 13.2. The van der Waals surface area contributed by atoms with Crippen molar-refractivity contribution in [3.05, 3.63) is 83.7 Å². The maximum Gasteiger partial charge on any atom is 0.323 e. The van der Waals surface area contributed by atoms with Gasteiger partial charge in [-0.3, -0.25) is 9.69 Å². The number of amides is 3. The van der Waals surface area contributed by atoms with Gasteiger partial charge in [0, 0.05) is 29.0 Å². The molecule has 162 valence electrons. The molecule has 0 fully saturated rings. The minimum Gasteiger partial charge on any atom is -0.443 e. The van der Waals surface area contributed by atoms with Crippen molar-refractivity contribution < 1.29 is 14.0 Å². The van der Waals surface area contributed by atoms with E-state index in [1.54, 1.807) is 36.1 Å². The van der Waals surface area contributed by atoms with Gasteiger partial charge in [-0.2, -0.15) is 0 Å². The number of hydrogen-bond acceptors (Lipinski definition) is 4.